The molecule has 3 aromatic rings. The van der Waals surface area contributed by atoms with Gasteiger partial charge in [0.1, 0.15) is 0 Å². The van der Waals surface area contributed by atoms with E-state index in [0.29, 0.717) is 10.2 Å². The first-order chi connectivity index (χ1) is 15.7. The second-order valence-corrected chi connectivity index (χ2v) is 9.45. The van der Waals surface area contributed by atoms with Crippen LogP contribution in [0.5, 0.6) is 0 Å². The van der Waals surface area contributed by atoms with Crippen LogP contribution >= 0.6 is 11.3 Å². The van der Waals surface area contributed by atoms with Gasteiger partial charge in [0.25, 0.3) is 0 Å². The SMILES string of the molecule is CCC[C@@H]1CN(Cc2cccc(CC(=O)O)c2)CCN1c1nc2ccc(C(F)(F)F)cc2s1. The fraction of sp³-hybridized carbons (Fsp3) is 0.417. The fourth-order valence-electron chi connectivity index (χ4n) is 4.38. The van der Waals surface area contributed by atoms with Gasteiger partial charge in [-0.2, -0.15) is 13.2 Å². The number of carboxylic acids is 1. The average molecular weight is 478 g/mol. The average Bonchev–Trinajstić information content (AvgIpc) is 3.16. The largest absolute Gasteiger partial charge is 0.481 e. The number of thiazole rings is 1. The number of fused-ring (bicyclic) bond motifs is 1. The number of aromatic nitrogens is 1. The number of hydrogen-bond acceptors (Lipinski definition) is 5. The van der Waals surface area contributed by atoms with Crippen molar-refractivity contribution in [2.75, 3.05) is 24.5 Å². The first-order valence-corrected chi connectivity index (χ1v) is 11.8. The molecule has 33 heavy (non-hydrogen) atoms. The predicted octanol–water partition coefficient (Wildman–Crippen LogP) is 5.43. The van der Waals surface area contributed by atoms with Gasteiger partial charge in [-0.1, -0.05) is 48.9 Å². The molecule has 1 aromatic heterocycles. The van der Waals surface area contributed by atoms with Gasteiger partial charge in [-0.25, -0.2) is 4.98 Å². The number of carbonyl (C=O) groups is 1. The summed E-state index contributed by atoms with van der Waals surface area (Å²) in [7, 11) is 0. The quantitative estimate of drug-likeness (QED) is 0.492. The normalized spacial score (nSPS) is 17.6. The third-order valence-corrected chi connectivity index (χ3v) is 6.95. The number of piperazine rings is 1. The Bertz CT molecular complexity index is 1130. The van der Waals surface area contributed by atoms with E-state index in [-0.39, 0.29) is 12.5 Å². The summed E-state index contributed by atoms with van der Waals surface area (Å²) < 4.78 is 39.8. The maximum atomic E-state index is 13.1. The molecule has 0 radical (unpaired) electrons. The van der Waals surface area contributed by atoms with Gasteiger partial charge in [0.2, 0.25) is 0 Å². The molecule has 1 saturated heterocycles. The minimum atomic E-state index is -4.36. The van der Waals surface area contributed by atoms with E-state index >= 15 is 0 Å². The second kappa shape index (κ2) is 9.69. The third kappa shape index (κ3) is 5.65. The molecule has 176 valence electrons. The predicted molar refractivity (Wildman–Crippen MR) is 124 cm³/mol. The number of alkyl halides is 3. The Morgan fingerprint density at radius 1 is 1.18 bits per heavy atom. The van der Waals surface area contributed by atoms with Crippen molar-refractivity contribution in [3.05, 3.63) is 59.2 Å². The van der Waals surface area contributed by atoms with Crippen molar-refractivity contribution in [3.63, 3.8) is 0 Å². The highest BCUT2D eigenvalue weighted by atomic mass is 32.1. The molecule has 1 atom stereocenters. The van der Waals surface area contributed by atoms with Crippen molar-refractivity contribution in [2.24, 2.45) is 0 Å². The van der Waals surface area contributed by atoms with Crippen molar-refractivity contribution in [3.8, 4) is 0 Å². The van der Waals surface area contributed by atoms with E-state index in [1.807, 2.05) is 24.3 Å². The molecular weight excluding hydrogens is 451 g/mol. The fourth-order valence-corrected chi connectivity index (χ4v) is 5.48. The molecule has 1 aliphatic heterocycles. The summed E-state index contributed by atoms with van der Waals surface area (Å²) in [6.45, 7) is 5.22. The third-order valence-electron chi connectivity index (χ3n) is 5.89. The summed E-state index contributed by atoms with van der Waals surface area (Å²) in [5.41, 5.74) is 1.81. The molecule has 0 bridgehead atoms. The smallest absolute Gasteiger partial charge is 0.416 e. The summed E-state index contributed by atoms with van der Waals surface area (Å²) >= 11 is 1.32. The van der Waals surface area contributed by atoms with Crippen LogP contribution in [0.1, 0.15) is 36.5 Å². The number of anilines is 1. The first kappa shape index (κ1) is 23.5. The number of nitrogens with zero attached hydrogens (tertiary/aromatic N) is 3. The minimum Gasteiger partial charge on any atom is -0.481 e. The second-order valence-electron chi connectivity index (χ2n) is 8.44. The lowest BCUT2D eigenvalue weighted by Gasteiger charge is -2.41. The van der Waals surface area contributed by atoms with Crippen molar-refractivity contribution >= 4 is 32.7 Å². The van der Waals surface area contributed by atoms with Crippen LogP contribution in [0.2, 0.25) is 0 Å². The van der Waals surface area contributed by atoms with Crippen molar-refractivity contribution in [1.82, 2.24) is 9.88 Å². The van der Waals surface area contributed by atoms with Crippen LogP contribution < -0.4 is 4.90 Å². The highest BCUT2D eigenvalue weighted by Gasteiger charge is 2.32. The Balaban J connectivity index is 1.50. The lowest BCUT2D eigenvalue weighted by molar-refractivity contribution is -0.138. The van der Waals surface area contributed by atoms with Gasteiger partial charge < -0.3 is 10.0 Å². The van der Waals surface area contributed by atoms with Crippen LogP contribution in [0, 0.1) is 0 Å². The van der Waals surface area contributed by atoms with E-state index < -0.39 is 17.7 Å². The van der Waals surface area contributed by atoms with Crippen LogP contribution in [0.15, 0.2) is 42.5 Å². The molecule has 0 aliphatic carbocycles. The molecule has 0 spiro atoms. The monoisotopic (exact) mass is 477 g/mol. The molecule has 1 N–H and O–H groups in total. The molecule has 0 amide bonds. The van der Waals surface area contributed by atoms with Gasteiger partial charge in [0.15, 0.2) is 5.13 Å². The Hall–Kier alpha value is -2.65. The molecule has 1 aliphatic rings. The molecule has 5 nitrogen and oxygen atoms in total. The summed E-state index contributed by atoms with van der Waals surface area (Å²) in [5.74, 6) is -0.845. The maximum Gasteiger partial charge on any atom is 0.416 e. The topological polar surface area (TPSA) is 56.7 Å². The Kier molecular flexibility index (Phi) is 6.90. The van der Waals surface area contributed by atoms with Crippen molar-refractivity contribution < 1.29 is 23.1 Å². The number of benzene rings is 2. The highest BCUT2D eigenvalue weighted by molar-refractivity contribution is 7.22. The molecular formula is C24H26F3N3O2S. The van der Waals surface area contributed by atoms with Crippen LogP contribution in [0.3, 0.4) is 0 Å². The molecule has 2 aromatic carbocycles. The number of carboxylic acid groups (broad SMARTS) is 1. The van der Waals surface area contributed by atoms with Crippen LogP contribution in [0.4, 0.5) is 18.3 Å². The van der Waals surface area contributed by atoms with Crippen LogP contribution in [-0.2, 0) is 23.9 Å². The van der Waals surface area contributed by atoms with E-state index in [2.05, 4.69) is 21.7 Å². The summed E-state index contributed by atoms with van der Waals surface area (Å²) in [6.07, 6.45) is -2.41. The van der Waals surface area contributed by atoms with Gasteiger partial charge in [-0.15, -0.1) is 0 Å². The van der Waals surface area contributed by atoms with Gasteiger partial charge in [0, 0.05) is 32.2 Å². The summed E-state index contributed by atoms with van der Waals surface area (Å²) in [5, 5.41) is 9.81. The first-order valence-electron chi connectivity index (χ1n) is 11.0. The van der Waals surface area contributed by atoms with E-state index in [4.69, 9.17) is 5.11 Å². The molecule has 1 fully saturated rings. The molecule has 9 heteroatoms. The van der Waals surface area contributed by atoms with Gasteiger partial charge in [-0.3, -0.25) is 9.69 Å². The number of halogens is 3. The van der Waals surface area contributed by atoms with Crippen LogP contribution in [-0.4, -0.2) is 46.6 Å². The zero-order valence-corrected chi connectivity index (χ0v) is 19.1. The lowest BCUT2D eigenvalue weighted by atomic mass is 10.0. The Morgan fingerprint density at radius 3 is 2.70 bits per heavy atom. The number of aliphatic carboxylic acids is 1. The molecule has 2 heterocycles. The van der Waals surface area contributed by atoms with E-state index in [0.717, 1.165) is 61.3 Å². The Labute approximate surface area is 194 Å². The summed E-state index contributed by atoms with van der Waals surface area (Å²) in [4.78, 5) is 20.2. The zero-order chi connectivity index (χ0) is 23.6. The highest BCUT2D eigenvalue weighted by Crippen LogP contribution is 2.36. The van der Waals surface area contributed by atoms with Crippen molar-refractivity contribution in [2.45, 2.75) is 44.9 Å². The minimum absolute atomic E-state index is 0.00768. The Morgan fingerprint density at radius 2 is 1.97 bits per heavy atom. The van der Waals surface area contributed by atoms with Gasteiger partial charge in [-0.05, 0) is 35.7 Å². The standard InChI is InChI=1S/C24H26F3N3O2S/c1-2-4-19-15-29(14-17-6-3-5-16(11-17)12-22(31)32)9-10-30(19)23-28-20-8-7-18(24(25,26)27)13-21(20)33-23/h3,5-8,11,13,19H,2,4,9-10,12,14-15H2,1H3,(H,31,32)/t19-/m1/s1. The summed E-state index contributed by atoms with van der Waals surface area (Å²) in [6, 6.07) is 11.6. The molecule has 0 unspecified atom stereocenters. The number of rotatable bonds is 7. The van der Waals surface area contributed by atoms with E-state index in [1.165, 1.54) is 23.5 Å². The van der Waals surface area contributed by atoms with Gasteiger partial charge >= 0.3 is 12.1 Å². The number of hydrogen-bond donors (Lipinski definition) is 1. The molecule has 4 rings (SSSR count). The van der Waals surface area contributed by atoms with Crippen molar-refractivity contribution in [1.29, 1.82) is 0 Å². The van der Waals surface area contributed by atoms with Crippen LogP contribution in [0.25, 0.3) is 10.2 Å². The van der Waals surface area contributed by atoms with E-state index in [9.17, 15) is 18.0 Å². The molecule has 0 saturated carbocycles. The van der Waals surface area contributed by atoms with Gasteiger partial charge in [0.05, 0.1) is 22.2 Å². The zero-order valence-electron chi connectivity index (χ0n) is 18.3. The maximum absolute atomic E-state index is 13.1. The van der Waals surface area contributed by atoms with E-state index in [1.54, 1.807) is 0 Å². The lowest BCUT2D eigenvalue weighted by Crippen LogP contribution is -2.52.